The van der Waals surface area contributed by atoms with Gasteiger partial charge in [-0.05, 0) is 56.8 Å². The number of ether oxygens (including phenoxy) is 2. The minimum absolute atomic E-state index is 0.107. The lowest BCUT2D eigenvalue weighted by Gasteiger charge is -2.45. The predicted molar refractivity (Wildman–Crippen MR) is 153 cm³/mol. The van der Waals surface area contributed by atoms with Crippen molar-refractivity contribution in [3.8, 4) is 0 Å². The molecule has 6 atom stereocenters. The van der Waals surface area contributed by atoms with Crippen LogP contribution in [0.3, 0.4) is 0 Å². The molecule has 0 aromatic rings. The molecule has 3 saturated heterocycles. The summed E-state index contributed by atoms with van der Waals surface area (Å²) in [4.78, 5) is 18.1. The third-order valence-electron chi connectivity index (χ3n) is 10.2. The molecule has 224 valence electrons. The Balaban J connectivity index is 0.991. The van der Waals surface area contributed by atoms with Crippen LogP contribution in [0.5, 0.6) is 0 Å². The van der Waals surface area contributed by atoms with Crippen molar-refractivity contribution in [3.05, 3.63) is 0 Å². The fourth-order valence-electron chi connectivity index (χ4n) is 7.85. The lowest BCUT2D eigenvalue weighted by Crippen LogP contribution is -2.67. The second-order valence-corrected chi connectivity index (χ2v) is 12.6. The summed E-state index contributed by atoms with van der Waals surface area (Å²) in [6.45, 7) is 12.7. The van der Waals surface area contributed by atoms with Gasteiger partial charge in [-0.15, -0.1) is 0 Å². The van der Waals surface area contributed by atoms with Gasteiger partial charge in [0.15, 0.2) is 0 Å². The fraction of sp³-hybridized carbons (Fsp3) is 0.966. The van der Waals surface area contributed by atoms with Crippen LogP contribution in [0.1, 0.15) is 51.9 Å². The van der Waals surface area contributed by atoms with E-state index in [0.29, 0.717) is 43.4 Å². The molecular weight excluding hydrogens is 494 g/mol. The maximum atomic E-state index is 12.9. The maximum absolute atomic E-state index is 12.9. The van der Waals surface area contributed by atoms with Crippen molar-refractivity contribution in [2.45, 2.75) is 82.4 Å². The first-order valence-electron chi connectivity index (χ1n) is 15.9. The third-order valence-corrected chi connectivity index (χ3v) is 10.2. The number of piperazine rings is 2. The molecular formula is C29H55N7O3. The van der Waals surface area contributed by atoms with Crippen molar-refractivity contribution in [2.75, 3.05) is 79.2 Å². The van der Waals surface area contributed by atoms with Crippen molar-refractivity contribution >= 4 is 5.91 Å². The lowest BCUT2D eigenvalue weighted by atomic mass is 9.77. The largest absolute Gasteiger partial charge is 0.381 e. The van der Waals surface area contributed by atoms with Crippen molar-refractivity contribution in [3.63, 3.8) is 0 Å². The Labute approximate surface area is 236 Å². The Bertz CT molecular complexity index is 746. The molecule has 39 heavy (non-hydrogen) atoms. The quantitative estimate of drug-likeness (QED) is 0.231. The second kappa shape index (κ2) is 14.9. The number of nitrogens with zero attached hydrogens (tertiary/aromatic N) is 2. The summed E-state index contributed by atoms with van der Waals surface area (Å²) >= 11 is 0. The number of carbonyl (C=O) groups excluding carboxylic acids is 1. The van der Waals surface area contributed by atoms with E-state index >= 15 is 0 Å². The Morgan fingerprint density at radius 2 is 1.79 bits per heavy atom. The van der Waals surface area contributed by atoms with Gasteiger partial charge in [0.25, 0.3) is 0 Å². The molecule has 6 unspecified atom stereocenters. The van der Waals surface area contributed by atoms with Crippen LogP contribution >= 0.6 is 0 Å². The zero-order valence-electron chi connectivity index (χ0n) is 24.5. The normalized spacial score (nSPS) is 38.4. The van der Waals surface area contributed by atoms with E-state index in [1.807, 2.05) is 7.11 Å². The molecule has 5 rings (SSSR count). The number of nitrogens with one attached hydrogen (secondary N) is 5. The standard InChI is InChI=1S/C29H55N7O3/c1-21-19-23(5-8-25(21)29(37)32-12-17-39-18-16-35-13-9-30-10-14-35)34-27-28-33-20-26(36(28)15-11-31-27)22-3-6-24(38-2)7-4-22/h21-28,30-31,33-34H,3-20H2,1-2H3,(H,32,37). The van der Waals surface area contributed by atoms with Gasteiger partial charge in [-0.2, -0.15) is 0 Å². The van der Waals surface area contributed by atoms with Gasteiger partial charge in [0.05, 0.1) is 31.6 Å². The van der Waals surface area contributed by atoms with E-state index in [-0.39, 0.29) is 18.0 Å². The van der Waals surface area contributed by atoms with Crippen LogP contribution in [0.2, 0.25) is 0 Å². The van der Waals surface area contributed by atoms with Crippen LogP contribution < -0.4 is 26.6 Å². The monoisotopic (exact) mass is 549 g/mol. The first kappa shape index (κ1) is 29.6. The molecule has 10 nitrogen and oxygen atoms in total. The van der Waals surface area contributed by atoms with E-state index in [1.165, 1.54) is 25.7 Å². The van der Waals surface area contributed by atoms with Gasteiger partial charge in [0.2, 0.25) is 5.91 Å². The molecule has 0 bridgehead atoms. The molecule has 2 aliphatic carbocycles. The Kier molecular flexibility index (Phi) is 11.3. The van der Waals surface area contributed by atoms with Crippen LogP contribution in [0, 0.1) is 17.8 Å². The summed E-state index contributed by atoms with van der Waals surface area (Å²) in [5.74, 6) is 1.47. The Morgan fingerprint density at radius 1 is 0.974 bits per heavy atom. The smallest absolute Gasteiger partial charge is 0.223 e. The van der Waals surface area contributed by atoms with Gasteiger partial charge in [-0.3, -0.25) is 30.5 Å². The minimum atomic E-state index is 0.107. The number of fused-ring (bicyclic) bond motifs is 1. The van der Waals surface area contributed by atoms with Crippen LogP contribution in [0.25, 0.3) is 0 Å². The van der Waals surface area contributed by atoms with E-state index in [1.54, 1.807) is 0 Å². The van der Waals surface area contributed by atoms with Gasteiger partial charge in [0.1, 0.15) is 0 Å². The van der Waals surface area contributed by atoms with Crippen molar-refractivity contribution in [2.24, 2.45) is 17.8 Å². The average molecular weight is 550 g/mol. The lowest BCUT2D eigenvalue weighted by molar-refractivity contribution is -0.128. The van der Waals surface area contributed by atoms with Gasteiger partial charge in [-0.1, -0.05) is 6.92 Å². The molecule has 5 aliphatic rings. The molecule has 1 amide bonds. The summed E-state index contributed by atoms with van der Waals surface area (Å²) in [5, 5.41) is 18.1. The van der Waals surface area contributed by atoms with Crippen LogP contribution in [0.4, 0.5) is 0 Å². The average Bonchev–Trinajstić information content (AvgIpc) is 3.41. The number of methoxy groups -OCH3 is 1. The molecule has 0 spiro atoms. The summed E-state index contributed by atoms with van der Waals surface area (Å²) in [5.41, 5.74) is 0. The Morgan fingerprint density at radius 3 is 2.56 bits per heavy atom. The molecule has 0 aromatic carbocycles. The number of rotatable bonds is 11. The van der Waals surface area contributed by atoms with Crippen LogP contribution in [-0.2, 0) is 14.3 Å². The molecule has 0 radical (unpaired) electrons. The van der Waals surface area contributed by atoms with Crippen molar-refractivity contribution < 1.29 is 14.3 Å². The second-order valence-electron chi connectivity index (χ2n) is 12.6. The van der Waals surface area contributed by atoms with E-state index < -0.39 is 0 Å². The van der Waals surface area contributed by atoms with Crippen molar-refractivity contribution in [1.29, 1.82) is 0 Å². The SMILES string of the molecule is COC1CCC(C2CNC3C(NC4CCC(C(=O)NCCOCCN5CCNCC5)C(C)C4)NCCN23)CC1. The first-order valence-corrected chi connectivity index (χ1v) is 15.9. The highest BCUT2D eigenvalue weighted by molar-refractivity contribution is 5.79. The van der Waals surface area contributed by atoms with Gasteiger partial charge in [0, 0.05) is 84.0 Å². The number of carbonyl (C=O) groups is 1. The molecule has 5 fully saturated rings. The van der Waals surface area contributed by atoms with E-state index in [0.717, 1.165) is 84.1 Å². The summed E-state index contributed by atoms with van der Waals surface area (Å²) in [6.07, 6.45) is 9.11. The highest BCUT2D eigenvalue weighted by Gasteiger charge is 2.44. The summed E-state index contributed by atoms with van der Waals surface area (Å²) < 4.78 is 11.4. The molecule has 5 N–H and O–H groups in total. The predicted octanol–water partition coefficient (Wildman–Crippen LogP) is 0.153. The topological polar surface area (TPSA) is 102 Å². The van der Waals surface area contributed by atoms with Gasteiger partial charge in [-0.25, -0.2) is 0 Å². The molecule has 10 heteroatoms. The Hall–Kier alpha value is -0.850. The first-order chi connectivity index (χ1) is 19.1. The molecule has 0 aromatic heterocycles. The third kappa shape index (κ3) is 7.92. The highest BCUT2D eigenvalue weighted by atomic mass is 16.5. The van der Waals surface area contributed by atoms with E-state index in [9.17, 15) is 4.79 Å². The van der Waals surface area contributed by atoms with Gasteiger partial charge >= 0.3 is 0 Å². The minimum Gasteiger partial charge on any atom is -0.381 e. The van der Waals surface area contributed by atoms with Crippen molar-refractivity contribution in [1.82, 2.24) is 36.4 Å². The van der Waals surface area contributed by atoms with Crippen LogP contribution in [-0.4, -0.2) is 125 Å². The zero-order valence-corrected chi connectivity index (χ0v) is 24.5. The highest BCUT2D eigenvalue weighted by Crippen LogP contribution is 2.34. The molecule has 3 heterocycles. The zero-order chi connectivity index (χ0) is 27.0. The number of amides is 1. The fourth-order valence-corrected chi connectivity index (χ4v) is 7.85. The van der Waals surface area contributed by atoms with Gasteiger partial charge < -0.3 is 20.1 Å². The van der Waals surface area contributed by atoms with E-state index in [2.05, 4.69) is 43.3 Å². The summed E-state index contributed by atoms with van der Waals surface area (Å²) in [7, 11) is 1.86. The number of hydrogen-bond donors (Lipinski definition) is 5. The van der Waals surface area contributed by atoms with Crippen LogP contribution in [0.15, 0.2) is 0 Å². The molecule has 3 aliphatic heterocycles. The summed E-state index contributed by atoms with van der Waals surface area (Å²) in [6, 6.07) is 1.09. The maximum Gasteiger partial charge on any atom is 0.223 e. The van der Waals surface area contributed by atoms with E-state index in [4.69, 9.17) is 9.47 Å². The number of hydrogen-bond acceptors (Lipinski definition) is 9. The molecule has 2 saturated carbocycles.